The summed E-state index contributed by atoms with van der Waals surface area (Å²) in [5.41, 5.74) is 2.38. The van der Waals surface area contributed by atoms with Gasteiger partial charge in [0, 0.05) is 30.8 Å². The molecular weight excluding hydrogens is 162 g/mol. The van der Waals surface area contributed by atoms with Crippen LogP contribution in [-0.2, 0) is 4.79 Å². The number of rotatable bonds is 1. The van der Waals surface area contributed by atoms with Crippen LogP contribution in [-0.4, -0.2) is 23.8 Å². The lowest BCUT2D eigenvalue weighted by atomic mass is 9.95. The van der Waals surface area contributed by atoms with E-state index in [0.29, 0.717) is 5.78 Å². The highest BCUT2D eigenvalue weighted by atomic mass is 16.1. The highest BCUT2D eigenvalue weighted by Crippen LogP contribution is 2.27. The predicted octanol–water partition coefficient (Wildman–Crippen LogP) is 2.11. The molecule has 2 rings (SSSR count). The fourth-order valence-corrected chi connectivity index (χ4v) is 2.33. The molecule has 0 aromatic heterocycles. The summed E-state index contributed by atoms with van der Waals surface area (Å²) in [6, 6.07) is 0. The van der Waals surface area contributed by atoms with Crippen LogP contribution in [0.5, 0.6) is 0 Å². The van der Waals surface area contributed by atoms with Crippen molar-refractivity contribution >= 4 is 5.78 Å². The Bertz CT molecular complexity index is 249. The fraction of sp³-hybridized carbons (Fsp3) is 0.727. The van der Waals surface area contributed by atoms with Gasteiger partial charge in [0.2, 0.25) is 0 Å². The fourth-order valence-electron chi connectivity index (χ4n) is 2.33. The van der Waals surface area contributed by atoms with Gasteiger partial charge in [0.1, 0.15) is 0 Å². The van der Waals surface area contributed by atoms with Crippen LogP contribution in [0.4, 0.5) is 0 Å². The maximum absolute atomic E-state index is 11.5. The van der Waals surface area contributed by atoms with Crippen molar-refractivity contribution in [1.82, 2.24) is 4.90 Å². The van der Waals surface area contributed by atoms with E-state index >= 15 is 0 Å². The molecule has 0 atom stereocenters. The van der Waals surface area contributed by atoms with E-state index in [0.717, 1.165) is 24.8 Å². The summed E-state index contributed by atoms with van der Waals surface area (Å²) in [5, 5.41) is 0. The highest BCUT2D eigenvalue weighted by molar-refractivity contribution is 5.96. The van der Waals surface area contributed by atoms with Crippen molar-refractivity contribution in [3.63, 3.8) is 0 Å². The molecule has 0 aromatic carbocycles. The van der Waals surface area contributed by atoms with Crippen molar-refractivity contribution in [1.29, 1.82) is 0 Å². The molecule has 0 unspecified atom stereocenters. The minimum Gasteiger partial charge on any atom is -0.375 e. The average Bonchev–Trinajstić information content (AvgIpc) is 2.62. The number of hydrogen-bond donors (Lipinski definition) is 0. The van der Waals surface area contributed by atoms with Gasteiger partial charge < -0.3 is 4.90 Å². The smallest absolute Gasteiger partial charge is 0.160 e. The van der Waals surface area contributed by atoms with E-state index in [1.807, 2.05) is 6.92 Å². The van der Waals surface area contributed by atoms with Gasteiger partial charge in [0.25, 0.3) is 0 Å². The van der Waals surface area contributed by atoms with Gasteiger partial charge in [-0.3, -0.25) is 4.79 Å². The van der Waals surface area contributed by atoms with Crippen LogP contribution in [0.3, 0.4) is 0 Å². The molecule has 2 nitrogen and oxygen atoms in total. The summed E-state index contributed by atoms with van der Waals surface area (Å²) in [7, 11) is 0. The summed E-state index contributed by atoms with van der Waals surface area (Å²) in [5.74, 6) is 0.369. The molecule has 1 saturated heterocycles. The Kier molecular flexibility index (Phi) is 2.38. The lowest BCUT2D eigenvalue weighted by Crippen LogP contribution is -2.24. The zero-order valence-electron chi connectivity index (χ0n) is 8.31. The molecule has 0 radical (unpaired) electrons. The van der Waals surface area contributed by atoms with E-state index in [-0.39, 0.29) is 0 Å². The van der Waals surface area contributed by atoms with E-state index < -0.39 is 0 Å². The number of Topliss-reactive ketones (excluding diaryl/α,β-unsaturated/α-hetero) is 1. The van der Waals surface area contributed by atoms with Gasteiger partial charge in [-0.05, 0) is 32.6 Å². The first-order valence-corrected chi connectivity index (χ1v) is 5.27. The molecule has 1 aliphatic heterocycles. The lowest BCUT2D eigenvalue weighted by molar-refractivity contribution is -0.116. The molecule has 1 heterocycles. The number of hydrogen-bond acceptors (Lipinski definition) is 2. The zero-order chi connectivity index (χ0) is 9.26. The summed E-state index contributed by atoms with van der Waals surface area (Å²) < 4.78 is 0. The van der Waals surface area contributed by atoms with Crippen LogP contribution < -0.4 is 0 Å². The number of likely N-dealkylation sites (tertiary alicyclic amines) is 1. The standard InChI is InChI=1S/C11H17NO/c1-9-10(5-4-6-11(9)13)12-7-2-3-8-12/h2-8H2,1H3. The number of carbonyl (C=O) groups excluding carboxylic acids is 1. The third-order valence-electron chi connectivity index (χ3n) is 3.16. The zero-order valence-corrected chi connectivity index (χ0v) is 8.31. The van der Waals surface area contributed by atoms with E-state index in [2.05, 4.69) is 4.90 Å². The largest absolute Gasteiger partial charge is 0.375 e. The molecule has 1 aliphatic carbocycles. The lowest BCUT2D eigenvalue weighted by Gasteiger charge is -2.26. The van der Waals surface area contributed by atoms with Gasteiger partial charge in [0.15, 0.2) is 5.78 Å². The first kappa shape index (κ1) is 8.79. The molecule has 0 aromatic rings. The SMILES string of the molecule is CC1=C(N2CCCC2)CCCC1=O. The van der Waals surface area contributed by atoms with Crippen LogP contribution in [0.1, 0.15) is 39.0 Å². The Balaban J connectivity index is 2.19. The summed E-state index contributed by atoms with van der Waals surface area (Å²) in [6.45, 7) is 4.33. The van der Waals surface area contributed by atoms with E-state index in [1.165, 1.54) is 31.6 Å². The molecule has 0 N–H and O–H groups in total. The topological polar surface area (TPSA) is 20.3 Å². The second kappa shape index (κ2) is 3.52. The minimum atomic E-state index is 0.369. The first-order valence-electron chi connectivity index (χ1n) is 5.27. The number of nitrogens with zero attached hydrogens (tertiary/aromatic N) is 1. The average molecular weight is 179 g/mol. The van der Waals surface area contributed by atoms with Crippen LogP contribution in [0, 0.1) is 0 Å². The minimum absolute atomic E-state index is 0.369. The Labute approximate surface area is 79.6 Å². The molecule has 0 spiro atoms. The predicted molar refractivity (Wildman–Crippen MR) is 52.4 cm³/mol. The van der Waals surface area contributed by atoms with Crippen LogP contribution in [0.25, 0.3) is 0 Å². The van der Waals surface area contributed by atoms with Gasteiger partial charge in [0.05, 0.1) is 0 Å². The Morgan fingerprint density at radius 1 is 1.08 bits per heavy atom. The summed E-state index contributed by atoms with van der Waals surface area (Å²) >= 11 is 0. The van der Waals surface area contributed by atoms with Gasteiger partial charge in [-0.1, -0.05) is 0 Å². The number of ketones is 1. The molecule has 72 valence electrons. The molecule has 2 heteroatoms. The van der Waals surface area contributed by atoms with E-state index in [9.17, 15) is 4.79 Å². The molecule has 0 saturated carbocycles. The van der Waals surface area contributed by atoms with Crippen molar-refractivity contribution in [3.05, 3.63) is 11.3 Å². The molecule has 2 aliphatic rings. The third-order valence-corrected chi connectivity index (χ3v) is 3.16. The van der Waals surface area contributed by atoms with Gasteiger partial charge in [-0.15, -0.1) is 0 Å². The second-order valence-electron chi connectivity index (χ2n) is 4.04. The molecule has 0 amide bonds. The Morgan fingerprint density at radius 3 is 2.46 bits per heavy atom. The van der Waals surface area contributed by atoms with Gasteiger partial charge in [-0.25, -0.2) is 0 Å². The molecule has 0 bridgehead atoms. The van der Waals surface area contributed by atoms with Crippen molar-refractivity contribution < 1.29 is 4.79 Å². The quantitative estimate of drug-likeness (QED) is 0.614. The number of allylic oxidation sites excluding steroid dienone is 2. The van der Waals surface area contributed by atoms with Crippen LogP contribution >= 0.6 is 0 Å². The van der Waals surface area contributed by atoms with Gasteiger partial charge in [-0.2, -0.15) is 0 Å². The van der Waals surface area contributed by atoms with E-state index in [4.69, 9.17) is 0 Å². The van der Waals surface area contributed by atoms with Gasteiger partial charge >= 0.3 is 0 Å². The van der Waals surface area contributed by atoms with Crippen LogP contribution in [0.2, 0.25) is 0 Å². The Hall–Kier alpha value is -0.790. The third kappa shape index (κ3) is 1.62. The summed E-state index contributed by atoms with van der Waals surface area (Å²) in [6.07, 6.45) is 5.54. The monoisotopic (exact) mass is 179 g/mol. The molecular formula is C11H17NO. The maximum Gasteiger partial charge on any atom is 0.160 e. The Morgan fingerprint density at radius 2 is 1.77 bits per heavy atom. The van der Waals surface area contributed by atoms with Crippen molar-refractivity contribution in [2.75, 3.05) is 13.1 Å². The maximum atomic E-state index is 11.5. The van der Waals surface area contributed by atoms with Crippen molar-refractivity contribution in [2.45, 2.75) is 39.0 Å². The molecule has 1 fully saturated rings. The first-order chi connectivity index (χ1) is 6.29. The number of carbonyl (C=O) groups is 1. The molecule has 13 heavy (non-hydrogen) atoms. The van der Waals surface area contributed by atoms with Crippen LogP contribution in [0.15, 0.2) is 11.3 Å². The highest BCUT2D eigenvalue weighted by Gasteiger charge is 2.22. The summed E-state index contributed by atoms with van der Waals surface area (Å²) in [4.78, 5) is 13.9. The van der Waals surface area contributed by atoms with E-state index in [1.54, 1.807) is 0 Å². The van der Waals surface area contributed by atoms with Crippen molar-refractivity contribution in [3.8, 4) is 0 Å². The normalized spacial score (nSPS) is 24.4. The second-order valence-corrected chi connectivity index (χ2v) is 4.04. The van der Waals surface area contributed by atoms with Crippen molar-refractivity contribution in [2.24, 2.45) is 0 Å².